The molecular formula is C21H20N2O3S. The molecule has 138 valence electrons. The first-order valence-corrected chi connectivity index (χ1v) is 9.73. The second kappa shape index (κ2) is 7.80. The fraction of sp³-hybridized carbons (Fsp3) is 0.238. The van der Waals surface area contributed by atoms with E-state index in [1.54, 1.807) is 23.5 Å². The average Bonchev–Trinajstić information content (AvgIpc) is 3.12. The number of hydrogen-bond donors (Lipinski definition) is 1. The van der Waals surface area contributed by atoms with E-state index in [0.29, 0.717) is 24.5 Å². The summed E-state index contributed by atoms with van der Waals surface area (Å²) in [7, 11) is 0. The molecule has 6 heteroatoms. The average molecular weight is 380 g/mol. The quantitative estimate of drug-likeness (QED) is 0.718. The van der Waals surface area contributed by atoms with E-state index in [0.717, 1.165) is 28.4 Å². The molecule has 1 amide bonds. The van der Waals surface area contributed by atoms with Crippen LogP contribution < -0.4 is 14.8 Å². The number of nitrogens with zero attached hydrogens (tertiary/aromatic N) is 1. The number of carbonyl (C=O) groups excluding carboxylic acids is 1. The minimum atomic E-state index is -0.0987. The van der Waals surface area contributed by atoms with Crippen molar-refractivity contribution in [1.29, 1.82) is 0 Å². The second-order valence-corrected chi connectivity index (χ2v) is 7.43. The van der Waals surface area contributed by atoms with Crippen LogP contribution in [0.3, 0.4) is 0 Å². The molecule has 27 heavy (non-hydrogen) atoms. The van der Waals surface area contributed by atoms with Gasteiger partial charge in [-0.3, -0.25) is 4.79 Å². The molecule has 0 fully saturated rings. The zero-order valence-corrected chi connectivity index (χ0v) is 15.8. The highest BCUT2D eigenvalue weighted by atomic mass is 32.1. The molecule has 0 spiro atoms. The van der Waals surface area contributed by atoms with Crippen LogP contribution in [0.15, 0.2) is 53.9 Å². The molecule has 1 N–H and O–H groups in total. The van der Waals surface area contributed by atoms with Crippen LogP contribution >= 0.6 is 11.3 Å². The Labute approximate surface area is 162 Å². The van der Waals surface area contributed by atoms with Crippen LogP contribution in [0, 0.1) is 6.92 Å². The van der Waals surface area contributed by atoms with Gasteiger partial charge in [0.1, 0.15) is 18.1 Å². The Bertz CT molecular complexity index is 937. The van der Waals surface area contributed by atoms with E-state index in [1.165, 1.54) is 0 Å². The SMILES string of the molecule is Cc1nc(COc2ccc(C(=O)N[C@H]3CCOc4ccccc43)cc2)cs1. The van der Waals surface area contributed by atoms with E-state index in [1.807, 2.05) is 48.7 Å². The fourth-order valence-corrected chi connectivity index (χ4v) is 3.67. The van der Waals surface area contributed by atoms with Crippen molar-refractivity contribution in [2.75, 3.05) is 6.61 Å². The molecule has 0 unspecified atom stereocenters. The summed E-state index contributed by atoms with van der Waals surface area (Å²) in [5, 5.41) is 6.12. The van der Waals surface area contributed by atoms with Crippen LogP contribution in [0.2, 0.25) is 0 Å². The van der Waals surface area contributed by atoms with Crippen molar-refractivity contribution in [2.24, 2.45) is 0 Å². The van der Waals surface area contributed by atoms with E-state index >= 15 is 0 Å². The van der Waals surface area contributed by atoms with E-state index in [9.17, 15) is 4.79 Å². The van der Waals surface area contributed by atoms with E-state index < -0.39 is 0 Å². The zero-order valence-electron chi connectivity index (χ0n) is 15.0. The smallest absolute Gasteiger partial charge is 0.251 e. The predicted octanol–water partition coefficient (Wildman–Crippen LogP) is 4.28. The first kappa shape index (κ1) is 17.5. The summed E-state index contributed by atoms with van der Waals surface area (Å²) in [6.07, 6.45) is 0.761. The van der Waals surface area contributed by atoms with Gasteiger partial charge < -0.3 is 14.8 Å². The van der Waals surface area contributed by atoms with Gasteiger partial charge in [0.25, 0.3) is 5.91 Å². The molecule has 5 nitrogen and oxygen atoms in total. The van der Waals surface area contributed by atoms with Crippen molar-refractivity contribution >= 4 is 17.2 Å². The maximum atomic E-state index is 12.6. The molecule has 0 radical (unpaired) electrons. The minimum absolute atomic E-state index is 0.0359. The Morgan fingerprint density at radius 1 is 1.26 bits per heavy atom. The first-order chi connectivity index (χ1) is 13.2. The summed E-state index contributed by atoms with van der Waals surface area (Å²) in [5.41, 5.74) is 2.55. The van der Waals surface area contributed by atoms with Crippen molar-refractivity contribution in [2.45, 2.75) is 26.0 Å². The number of nitrogens with one attached hydrogen (secondary N) is 1. The van der Waals surface area contributed by atoms with E-state index in [2.05, 4.69) is 10.3 Å². The molecule has 1 aliphatic heterocycles. The lowest BCUT2D eigenvalue weighted by Gasteiger charge is -2.26. The number of ether oxygens (including phenoxy) is 2. The fourth-order valence-electron chi connectivity index (χ4n) is 3.07. The lowest BCUT2D eigenvalue weighted by atomic mass is 10.00. The molecule has 2 heterocycles. The summed E-state index contributed by atoms with van der Waals surface area (Å²) in [5.74, 6) is 1.46. The molecule has 3 aromatic rings. The summed E-state index contributed by atoms with van der Waals surface area (Å²) in [6.45, 7) is 3.00. The monoisotopic (exact) mass is 380 g/mol. The number of rotatable bonds is 5. The third-order valence-corrected chi connectivity index (χ3v) is 5.26. The summed E-state index contributed by atoms with van der Waals surface area (Å²) < 4.78 is 11.4. The van der Waals surface area contributed by atoms with Crippen LogP contribution in [0.1, 0.15) is 39.1 Å². The number of amides is 1. The van der Waals surface area contributed by atoms with Crippen molar-refractivity contribution < 1.29 is 14.3 Å². The van der Waals surface area contributed by atoms with Crippen molar-refractivity contribution in [3.63, 3.8) is 0 Å². The maximum absolute atomic E-state index is 12.6. The topological polar surface area (TPSA) is 60.5 Å². The van der Waals surface area contributed by atoms with Crippen LogP contribution in [-0.4, -0.2) is 17.5 Å². The van der Waals surface area contributed by atoms with Gasteiger partial charge in [0.05, 0.1) is 23.4 Å². The van der Waals surface area contributed by atoms with Crippen LogP contribution in [0.4, 0.5) is 0 Å². The van der Waals surface area contributed by atoms with E-state index in [4.69, 9.17) is 9.47 Å². The summed E-state index contributed by atoms with van der Waals surface area (Å²) >= 11 is 1.60. The standard InChI is InChI=1S/C21H20N2O3S/c1-14-22-16(13-27-14)12-26-17-8-6-15(7-9-17)21(24)23-19-10-11-25-20-5-3-2-4-18(19)20/h2-9,13,19H,10-12H2,1H3,(H,23,24)/t19-/m0/s1. The van der Waals surface area contributed by atoms with Gasteiger partial charge in [0, 0.05) is 22.9 Å². The molecule has 1 aliphatic rings. The van der Waals surface area contributed by atoms with Gasteiger partial charge in [-0.2, -0.15) is 0 Å². The van der Waals surface area contributed by atoms with Crippen molar-refractivity contribution in [1.82, 2.24) is 10.3 Å². The zero-order chi connectivity index (χ0) is 18.6. The number of aryl methyl sites for hydroxylation is 1. The summed E-state index contributed by atoms with van der Waals surface area (Å²) in [6, 6.07) is 15.0. The third kappa shape index (κ3) is 4.11. The number of carbonyl (C=O) groups is 1. The number of benzene rings is 2. The second-order valence-electron chi connectivity index (χ2n) is 6.37. The first-order valence-electron chi connectivity index (χ1n) is 8.85. The predicted molar refractivity (Wildman–Crippen MR) is 104 cm³/mol. The maximum Gasteiger partial charge on any atom is 0.251 e. The Balaban J connectivity index is 1.38. The molecule has 1 atom stereocenters. The van der Waals surface area contributed by atoms with Gasteiger partial charge in [0.2, 0.25) is 0 Å². The molecule has 4 rings (SSSR count). The summed E-state index contributed by atoms with van der Waals surface area (Å²) in [4.78, 5) is 17.0. The highest BCUT2D eigenvalue weighted by Crippen LogP contribution is 2.31. The van der Waals surface area contributed by atoms with E-state index in [-0.39, 0.29) is 11.9 Å². The van der Waals surface area contributed by atoms with Crippen LogP contribution in [-0.2, 0) is 6.61 Å². The van der Waals surface area contributed by atoms with Gasteiger partial charge in [0.15, 0.2) is 0 Å². The molecule has 0 saturated carbocycles. The Morgan fingerprint density at radius 2 is 2.07 bits per heavy atom. The van der Waals surface area contributed by atoms with Gasteiger partial charge in [-0.1, -0.05) is 18.2 Å². The van der Waals surface area contributed by atoms with Crippen molar-refractivity contribution in [3.8, 4) is 11.5 Å². The van der Waals surface area contributed by atoms with Gasteiger partial charge in [-0.25, -0.2) is 4.98 Å². The number of hydrogen-bond acceptors (Lipinski definition) is 5. The Kier molecular flexibility index (Phi) is 5.07. The van der Waals surface area contributed by atoms with Gasteiger partial charge >= 0.3 is 0 Å². The van der Waals surface area contributed by atoms with Gasteiger partial charge in [-0.15, -0.1) is 11.3 Å². The van der Waals surface area contributed by atoms with Crippen LogP contribution in [0.5, 0.6) is 11.5 Å². The van der Waals surface area contributed by atoms with Crippen molar-refractivity contribution in [3.05, 3.63) is 75.7 Å². The third-order valence-electron chi connectivity index (χ3n) is 4.43. The number of fused-ring (bicyclic) bond motifs is 1. The number of aromatic nitrogens is 1. The largest absolute Gasteiger partial charge is 0.493 e. The highest BCUT2D eigenvalue weighted by Gasteiger charge is 2.23. The Morgan fingerprint density at radius 3 is 2.85 bits per heavy atom. The lowest BCUT2D eigenvalue weighted by molar-refractivity contribution is 0.0924. The molecular weight excluding hydrogens is 360 g/mol. The molecule has 0 saturated heterocycles. The molecule has 0 aliphatic carbocycles. The molecule has 1 aromatic heterocycles. The number of thiazole rings is 1. The van der Waals surface area contributed by atoms with Crippen LogP contribution in [0.25, 0.3) is 0 Å². The Hall–Kier alpha value is -2.86. The number of para-hydroxylation sites is 1. The highest BCUT2D eigenvalue weighted by molar-refractivity contribution is 7.09. The lowest BCUT2D eigenvalue weighted by Crippen LogP contribution is -2.32. The normalized spacial score (nSPS) is 15.5. The van der Waals surface area contributed by atoms with Gasteiger partial charge in [-0.05, 0) is 37.3 Å². The molecule has 0 bridgehead atoms. The molecule has 2 aromatic carbocycles. The minimum Gasteiger partial charge on any atom is -0.493 e.